The quantitative estimate of drug-likeness (QED) is 0.513. The van der Waals surface area contributed by atoms with E-state index in [4.69, 9.17) is 14.2 Å². The van der Waals surface area contributed by atoms with Gasteiger partial charge in [-0.3, -0.25) is 20.4 Å². The summed E-state index contributed by atoms with van der Waals surface area (Å²) in [6, 6.07) is 3.11. The molecule has 4 atom stereocenters. The molecule has 7 nitrogen and oxygen atoms in total. The number of carbonyl (C=O) groups is 2. The Bertz CT molecular complexity index is 803. The average Bonchev–Trinajstić information content (AvgIpc) is 2.68. The zero-order chi connectivity index (χ0) is 20.8. The van der Waals surface area contributed by atoms with E-state index in [9.17, 15) is 9.59 Å². The van der Waals surface area contributed by atoms with E-state index >= 15 is 0 Å². The summed E-state index contributed by atoms with van der Waals surface area (Å²) in [5, 5.41) is 0. The Hall–Kier alpha value is -1.96. The van der Waals surface area contributed by atoms with Crippen LogP contribution in [0.25, 0.3) is 0 Å². The Kier molecular flexibility index (Phi) is 5.17. The molecule has 1 aromatic carbocycles. The standard InChI is InChI=1S/C21H27BrN2O5/c1-27-15-5-14(6-16(28-2)17(15)29-3)18(25)23-24-19(26)20-7-12-4-13(8-20)10-21(22,9-12)11-20/h5-6,12-13H,4,7-11H2,1-3H3,(H,23,25)(H,24,26)/t12-,13+,20?,21?. The van der Waals surface area contributed by atoms with Crippen LogP contribution in [0.5, 0.6) is 17.2 Å². The van der Waals surface area contributed by atoms with E-state index in [0.717, 1.165) is 32.1 Å². The van der Waals surface area contributed by atoms with Crippen LogP contribution in [0.2, 0.25) is 0 Å². The second-order valence-corrected chi connectivity index (χ2v) is 10.4. The van der Waals surface area contributed by atoms with Crippen molar-refractivity contribution in [3.05, 3.63) is 17.7 Å². The first-order chi connectivity index (χ1) is 13.8. The summed E-state index contributed by atoms with van der Waals surface area (Å²) in [5.74, 6) is 1.83. The Labute approximate surface area is 178 Å². The zero-order valence-corrected chi connectivity index (χ0v) is 18.6. The molecule has 0 aromatic heterocycles. The van der Waals surface area contributed by atoms with Crippen LogP contribution in [-0.4, -0.2) is 37.5 Å². The van der Waals surface area contributed by atoms with Crippen LogP contribution in [0, 0.1) is 17.3 Å². The monoisotopic (exact) mass is 466 g/mol. The van der Waals surface area contributed by atoms with Crippen molar-refractivity contribution in [2.24, 2.45) is 17.3 Å². The van der Waals surface area contributed by atoms with E-state index in [1.54, 1.807) is 12.1 Å². The Morgan fingerprint density at radius 2 is 1.55 bits per heavy atom. The zero-order valence-electron chi connectivity index (χ0n) is 17.0. The molecule has 4 bridgehead atoms. The predicted molar refractivity (Wildman–Crippen MR) is 110 cm³/mol. The third kappa shape index (κ3) is 3.56. The number of rotatable bonds is 5. The van der Waals surface area contributed by atoms with Crippen LogP contribution < -0.4 is 25.1 Å². The summed E-state index contributed by atoms with van der Waals surface area (Å²) in [5.41, 5.74) is 5.17. The van der Waals surface area contributed by atoms with Crippen LogP contribution in [0.4, 0.5) is 0 Å². The van der Waals surface area contributed by atoms with E-state index in [-0.39, 0.29) is 10.2 Å². The molecule has 2 unspecified atom stereocenters. The third-order valence-electron chi connectivity index (χ3n) is 6.69. The fraction of sp³-hybridized carbons (Fsp3) is 0.619. The van der Waals surface area contributed by atoms with E-state index < -0.39 is 11.3 Å². The molecule has 2 amide bonds. The van der Waals surface area contributed by atoms with E-state index in [0.29, 0.717) is 34.6 Å². The van der Waals surface area contributed by atoms with Crippen LogP contribution >= 0.6 is 15.9 Å². The van der Waals surface area contributed by atoms with Crippen molar-refractivity contribution in [1.29, 1.82) is 0 Å². The summed E-state index contributed by atoms with van der Waals surface area (Å²) in [6.07, 6.45) is 6.16. The van der Waals surface area contributed by atoms with Gasteiger partial charge in [-0.25, -0.2) is 0 Å². The van der Waals surface area contributed by atoms with Gasteiger partial charge in [-0.15, -0.1) is 0 Å². The molecule has 2 N–H and O–H groups in total. The molecule has 5 rings (SSSR count). The number of ether oxygens (including phenoxy) is 3. The van der Waals surface area contributed by atoms with Crippen molar-refractivity contribution >= 4 is 27.7 Å². The molecule has 0 aliphatic heterocycles. The predicted octanol–water partition coefficient (Wildman–Crippen LogP) is 3.21. The number of benzene rings is 1. The molecule has 29 heavy (non-hydrogen) atoms. The number of hydrazine groups is 1. The fourth-order valence-corrected chi connectivity index (χ4v) is 7.40. The van der Waals surface area contributed by atoms with Gasteiger partial charge in [0.1, 0.15) is 0 Å². The molecule has 0 spiro atoms. The molecule has 1 aromatic rings. The molecule has 4 saturated carbocycles. The van der Waals surface area contributed by atoms with Crippen molar-refractivity contribution in [3.63, 3.8) is 0 Å². The van der Waals surface area contributed by atoms with E-state index in [1.807, 2.05) is 0 Å². The first kappa shape index (κ1) is 20.3. The highest BCUT2D eigenvalue weighted by Gasteiger charge is 2.59. The molecule has 0 heterocycles. The van der Waals surface area contributed by atoms with Crippen LogP contribution in [0.1, 0.15) is 48.9 Å². The maximum atomic E-state index is 13.1. The second kappa shape index (κ2) is 7.38. The first-order valence-electron chi connectivity index (χ1n) is 9.91. The van der Waals surface area contributed by atoms with Gasteiger partial charge in [0.05, 0.1) is 26.7 Å². The molecular formula is C21H27BrN2O5. The van der Waals surface area contributed by atoms with Gasteiger partial charge >= 0.3 is 0 Å². The van der Waals surface area contributed by atoms with Gasteiger partial charge in [0.15, 0.2) is 11.5 Å². The molecule has 4 aliphatic rings. The Morgan fingerprint density at radius 3 is 2.03 bits per heavy atom. The van der Waals surface area contributed by atoms with Gasteiger partial charge in [0.25, 0.3) is 5.91 Å². The topological polar surface area (TPSA) is 85.9 Å². The highest BCUT2D eigenvalue weighted by atomic mass is 79.9. The van der Waals surface area contributed by atoms with Gasteiger partial charge < -0.3 is 14.2 Å². The minimum Gasteiger partial charge on any atom is -0.493 e. The summed E-state index contributed by atoms with van der Waals surface area (Å²) >= 11 is 3.92. The molecular weight excluding hydrogens is 440 g/mol. The summed E-state index contributed by atoms with van der Waals surface area (Å²) < 4.78 is 15.9. The number of halogens is 1. The lowest BCUT2D eigenvalue weighted by Gasteiger charge is -2.59. The van der Waals surface area contributed by atoms with Gasteiger partial charge in [-0.05, 0) is 62.5 Å². The lowest BCUT2D eigenvalue weighted by Crippen LogP contribution is -2.60. The number of alkyl halides is 1. The average molecular weight is 467 g/mol. The van der Waals surface area contributed by atoms with E-state index in [2.05, 4.69) is 26.8 Å². The summed E-state index contributed by atoms with van der Waals surface area (Å²) in [7, 11) is 4.48. The minimum atomic E-state index is -0.434. The van der Waals surface area contributed by atoms with Gasteiger partial charge in [0.2, 0.25) is 11.7 Å². The van der Waals surface area contributed by atoms with Crippen molar-refractivity contribution < 1.29 is 23.8 Å². The summed E-state index contributed by atoms with van der Waals surface area (Å²) in [6.45, 7) is 0. The SMILES string of the molecule is COc1cc(C(=O)NNC(=O)C23C[C@@H]4C[C@@H](CC(Br)(C4)C2)C3)cc(OC)c1OC. The van der Waals surface area contributed by atoms with Gasteiger partial charge in [-0.2, -0.15) is 0 Å². The lowest BCUT2D eigenvalue weighted by molar-refractivity contribution is -0.144. The minimum absolute atomic E-state index is 0.0785. The van der Waals surface area contributed by atoms with Gasteiger partial charge in [-0.1, -0.05) is 15.9 Å². The molecule has 4 fully saturated rings. The normalized spacial score (nSPS) is 31.9. The largest absolute Gasteiger partial charge is 0.493 e. The first-order valence-corrected chi connectivity index (χ1v) is 10.7. The van der Waals surface area contributed by atoms with Crippen molar-refractivity contribution in [1.82, 2.24) is 10.9 Å². The number of methoxy groups -OCH3 is 3. The van der Waals surface area contributed by atoms with Crippen molar-refractivity contribution in [2.45, 2.75) is 42.8 Å². The molecule has 158 valence electrons. The van der Waals surface area contributed by atoms with Crippen LogP contribution in [0.15, 0.2) is 12.1 Å². The van der Waals surface area contributed by atoms with E-state index in [1.165, 1.54) is 27.8 Å². The number of hydrogen-bond acceptors (Lipinski definition) is 5. The number of hydrogen-bond donors (Lipinski definition) is 2. The highest BCUT2D eigenvalue weighted by Crippen LogP contribution is 2.64. The third-order valence-corrected chi connectivity index (χ3v) is 7.62. The van der Waals surface area contributed by atoms with Crippen LogP contribution in [-0.2, 0) is 4.79 Å². The number of carbonyl (C=O) groups excluding carboxylic acids is 2. The maximum absolute atomic E-state index is 13.1. The summed E-state index contributed by atoms with van der Waals surface area (Å²) in [4.78, 5) is 25.8. The molecule has 0 saturated heterocycles. The maximum Gasteiger partial charge on any atom is 0.269 e. The Morgan fingerprint density at radius 1 is 0.966 bits per heavy atom. The fourth-order valence-electron chi connectivity index (χ4n) is 5.95. The number of amides is 2. The second-order valence-electron chi connectivity index (χ2n) is 8.71. The molecule has 0 radical (unpaired) electrons. The molecule has 4 aliphatic carbocycles. The van der Waals surface area contributed by atoms with Gasteiger partial charge in [0, 0.05) is 9.89 Å². The highest BCUT2D eigenvalue weighted by molar-refractivity contribution is 9.10. The van der Waals surface area contributed by atoms with Crippen molar-refractivity contribution in [2.75, 3.05) is 21.3 Å². The smallest absolute Gasteiger partial charge is 0.269 e. The van der Waals surface area contributed by atoms with Crippen molar-refractivity contribution in [3.8, 4) is 17.2 Å². The Balaban J connectivity index is 1.47. The lowest BCUT2D eigenvalue weighted by atomic mass is 9.49. The number of nitrogens with one attached hydrogen (secondary N) is 2. The molecule has 8 heteroatoms. The van der Waals surface area contributed by atoms with Crippen LogP contribution in [0.3, 0.4) is 0 Å².